The van der Waals surface area contributed by atoms with Gasteiger partial charge in [0, 0.05) is 5.56 Å². The molecular weight excluding hydrogens is 275 g/mol. The van der Waals surface area contributed by atoms with E-state index < -0.39 is 17.6 Å². The van der Waals surface area contributed by atoms with Crippen molar-refractivity contribution in [3.8, 4) is 5.75 Å². The summed E-state index contributed by atoms with van der Waals surface area (Å²) in [5, 5.41) is 2.46. The van der Waals surface area contributed by atoms with E-state index in [1.54, 1.807) is 24.3 Å². The number of nitrogens with two attached hydrogens (primary N) is 1. The topological polar surface area (TPSA) is 81.4 Å². The van der Waals surface area contributed by atoms with E-state index in [1.807, 2.05) is 0 Å². The summed E-state index contributed by atoms with van der Waals surface area (Å²) in [6.45, 7) is -0.279. The summed E-state index contributed by atoms with van der Waals surface area (Å²) < 4.78 is 18.6. The zero-order chi connectivity index (χ0) is 15.2. The van der Waals surface area contributed by atoms with Crippen molar-refractivity contribution in [2.45, 2.75) is 0 Å². The lowest BCUT2D eigenvalue weighted by Crippen LogP contribution is -2.20. The average molecular weight is 288 g/mol. The highest BCUT2D eigenvalue weighted by molar-refractivity contribution is 6.04. The standard InChI is InChI=1S/C15H13FN2O3/c16-12-6-1-2-7-13(12)18-15(20)10-4-3-5-11(8-10)21-9-14(17)19/h1-8H,9H2,(H2,17,19)(H,18,20). The fraction of sp³-hybridized carbons (Fsp3) is 0.0667. The largest absolute Gasteiger partial charge is 0.484 e. The van der Waals surface area contributed by atoms with Gasteiger partial charge in [-0.3, -0.25) is 9.59 Å². The minimum atomic E-state index is -0.615. The number of benzene rings is 2. The molecule has 2 aromatic rings. The molecule has 3 N–H and O–H groups in total. The van der Waals surface area contributed by atoms with E-state index in [9.17, 15) is 14.0 Å². The zero-order valence-electron chi connectivity index (χ0n) is 11.0. The van der Waals surface area contributed by atoms with Crippen LogP contribution in [0.3, 0.4) is 0 Å². The summed E-state index contributed by atoms with van der Waals surface area (Å²) in [5.41, 5.74) is 5.34. The molecule has 0 aliphatic rings. The second kappa shape index (κ2) is 6.51. The van der Waals surface area contributed by atoms with E-state index >= 15 is 0 Å². The number of halogens is 1. The fourth-order valence-corrected chi connectivity index (χ4v) is 1.64. The predicted molar refractivity (Wildman–Crippen MR) is 75.5 cm³/mol. The molecule has 5 nitrogen and oxygen atoms in total. The quantitative estimate of drug-likeness (QED) is 0.882. The second-order valence-electron chi connectivity index (χ2n) is 4.22. The van der Waals surface area contributed by atoms with Crippen LogP contribution < -0.4 is 15.8 Å². The molecule has 0 radical (unpaired) electrons. The first-order valence-corrected chi connectivity index (χ1v) is 6.13. The molecule has 108 valence electrons. The van der Waals surface area contributed by atoms with Crippen LogP contribution in [0.5, 0.6) is 5.75 Å². The van der Waals surface area contributed by atoms with Gasteiger partial charge >= 0.3 is 0 Å². The number of ether oxygens (including phenoxy) is 1. The lowest BCUT2D eigenvalue weighted by Gasteiger charge is -2.08. The molecule has 2 rings (SSSR count). The molecule has 0 aromatic heterocycles. The van der Waals surface area contributed by atoms with Crippen molar-refractivity contribution < 1.29 is 18.7 Å². The van der Waals surface area contributed by atoms with Gasteiger partial charge in [0.05, 0.1) is 5.69 Å². The second-order valence-corrected chi connectivity index (χ2v) is 4.22. The molecule has 0 heterocycles. The van der Waals surface area contributed by atoms with Crippen molar-refractivity contribution in [2.75, 3.05) is 11.9 Å². The SMILES string of the molecule is NC(=O)COc1cccc(C(=O)Nc2ccccc2F)c1. The normalized spacial score (nSPS) is 9.95. The minimum absolute atomic E-state index is 0.0888. The van der Waals surface area contributed by atoms with Crippen LogP contribution in [-0.2, 0) is 4.79 Å². The third-order valence-corrected chi connectivity index (χ3v) is 2.60. The Labute approximate surface area is 120 Å². The summed E-state index contributed by atoms with van der Waals surface area (Å²) in [5.74, 6) is -1.29. The molecular formula is C15H13FN2O3. The van der Waals surface area contributed by atoms with E-state index in [0.717, 1.165) is 0 Å². The van der Waals surface area contributed by atoms with Gasteiger partial charge in [0.25, 0.3) is 11.8 Å². The van der Waals surface area contributed by atoms with E-state index in [2.05, 4.69) is 5.32 Å². The molecule has 21 heavy (non-hydrogen) atoms. The maximum Gasteiger partial charge on any atom is 0.255 e. The van der Waals surface area contributed by atoms with Crippen LogP contribution in [-0.4, -0.2) is 18.4 Å². The maximum atomic E-state index is 13.5. The molecule has 0 atom stereocenters. The number of carbonyl (C=O) groups is 2. The van der Waals surface area contributed by atoms with Crippen LogP contribution in [0.2, 0.25) is 0 Å². The number of anilines is 1. The predicted octanol–water partition coefficient (Wildman–Crippen LogP) is 1.94. The highest BCUT2D eigenvalue weighted by Gasteiger charge is 2.10. The molecule has 0 saturated heterocycles. The van der Waals surface area contributed by atoms with Crippen molar-refractivity contribution in [1.29, 1.82) is 0 Å². The molecule has 2 amide bonds. The van der Waals surface area contributed by atoms with E-state index in [1.165, 1.54) is 24.3 Å². The number of nitrogens with one attached hydrogen (secondary N) is 1. The number of rotatable bonds is 5. The van der Waals surface area contributed by atoms with Crippen LogP contribution in [0.1, 0.15) is 10.4 Å². The van der Waals surface area contributed by atoms with Crippen molar-refractivity contribution in [3.05, 3.63) is 59.9 Å². The van der Waals surface area contributed by atoms with Gasteiger partial charge in [0.15, 0.2) is 6.61 Å². The molecule has 0 saturated carbocycles. The Hall–Kier alpha value is -2.89. The zero-order valence-corrected chi connectivity index (χ0v) is 11.0. The number of amides is 2. The lowest BCUT2D eigenvalue weighted by molar-refractivity contribution is -0.119. The van der Waals surface area contributed by atoms with Gasteiger partial charge in [-0.15, -0.1) is 0 Å². The number of carbonyl (C=O) groups excluding carboxylic acids is 2. The monoisotopic (exact) mass is 288 g/mol. The molecule has 0 fully saturated rings. The van der Waals surface area contributed by atoms with E-state index in [-0.39, 0.29) is 17.9 Å². The van der Waals surface area contributed by atoms with Gasteiger partial charge in [-0.1, -0.05) is 18.2 Å². The Morgan fingerprint density at radius 2 is 1.90 bits per heavy atom. The minimum Gasteiger partial charge on any atom is -0.484 e. The number of hydrogen-bond donors (Lipinski definition) is 2. The Bertz CT molecular complexity index is 673. The molecule has 0 unspecified atom stereocenters. The van der Waals surface area contributed by atoms with E-state index in [4.69, 9.17) is 10.5 Å². The third-order valence-electron chi connectivity index (χ3n) is 2.60. The smallest absolute Gasteiger partial charge is 0.255 e. The molecule has 6 heteroatoms. The van der Waals surface area contributed by atoms with Crippen LogP contribution >= 0.6 is 0 Å². The number of hydrogen-bond acceptors (Lipinski definition) is 3. The lowest BCUT2D eigenvalue weighted by atomic mass is 10.2. The van der Waals surface area contributed by atoms with Gasteiger partial charge in [0.2, 0.25) is 0 Å². The summed E-state index contributed by atoms with van der Waals surface area (Å²) in [4.78, 5) is 22.7. The van der Waals surface area contributed by atoms with Crippen LogP contribution in [0, 0.1) is 5.82 Å². The number of para-hydroxylation sites is 1. The van der Waals surface area contributed by atoms with Gasteiger partial charge < -0.3 is 15.8 Å². The van der Waals surface area contributed by atoms with Crippen LogP contribution in [0.25, 0.3) is 0 Å². The first-order chi connectivity index (χ1) is 10.1. The van der Waals surface area contributed by atoms with Crippen molar-refractivity contribution in [2.24, 2.45) is 5.73 Å². The van der Waals surface area contributed by atoms with Gasteiger partial charge in [-0.05, 0) is 30.3 Å². The van der Waals surface area contributed by atoms with Gasteiger partial charge in [0.1, 0.15) is 11.6 Å². The van der Waals surface area contributed by atoms with Gasteiger partial charge in [-0.2, -0.15) is 0 Å². The Morgan fingerprint density at radius 1 is 1.14 bits per heavy atom. The fourth-order valence-electron chi connectivity index (χ4n) is 1.64. The molecule has 0 spiro atoms. The molecule has 2 aromatic carbocycles. The van der Waals surface area contributed by atoms with Crippen LogP contribution in [0.15, 0.2) is 48.5 Å². The van der Waals surface area contributed by atoms with Crippen molar-refractivity contribution >= 4 is 17.5 Å². The van der Waals surface area contributed by atoms with E-state index in [0.29, 0.717) is 5.75 Å². The Balaban J connectivity index is 2.11. The summed E-state index contributed by atoms with van der Waals surface area (Å²) >= 11 is 0. The highest BCUT2D eigenvalue weighted by Crippen LogP contribution is 2.17. The summed E-state index contributed by atoms with van der Waals surface area (Å²) in [7, 11) is 0. The van der Waals surface area contributed by atoms with Gasteiger partial charge in [-0.25, -0.2) is 4.39 Å². The maximum absolute atomic E-state index is 13.5. The first kappa shape index (κ1) is 14.5. The molecule has 0 bridgehead atoms. The summed E-state index contributed by atoms with van der Waals surface area (Å²) in [6, 6.07) is 12.0. The third kappa shape index (κ3) is 4.04. The number of primary amides is 1. The van der Waals surface area contributed by atoms with Crippen molar-refractivity contribution in [3.63, 3.8) is 0 Å². The average Bonchev–Trinajstić information content (AvgIpc) is 2.48. The Morgan fingerprint density at radius 3 is 2.62 bits per heavy atom. The van der Waals surface area contributed by atoms with Crippen LogP contribution in [0.4, 0.5) is 10.1 Å². The highest BCUT2D eigenvalue weighted by atomic mass is 19.1. The molecule has 0 aliphatic carbocycles. The first-order valence-electron chi connectivity index (χ1n) is 6.13. The van der Waals surface area contributed by atoms with Crippen molar-refractivity contribution in [1.82, 2.24) is 0 Å². The molecule has 0 aliphatic heterocycles. The summed E-state index contributed by atoms with van der Waals surface area (Å²) in [6.07, 6.45) is 0. The Kier molecular flexibility index (Phi) is 4.50.